The summed E-state index contributed by atoms with van der Waals surface area (Å²) in [5.41, 5.74) is 1.13. The first-order valence-corrected chi connectivity index (χ1v) is 7.23. The maximum Gasteiger partial charge on any atom is 0.333 e. The number of methoxy groups -OCH3 is 1. The van der Waals surface area contributed by atoms with E-state index >= 15 is 0 Å². The normalized spacial score (nSPS) is 11.8. The molecule has 2 aromatic carbocycles. The fourth-order valence-electron chi connectivity index (χ4n) is 1.83. The predicted octanol–water partition coefficient (Wildman–Crippen LogP) is 4.57. The van der Waals surface area contributed by atoms with Crippen LogP contribution in [0.4, 0.5) is 10.1 Å². The van der Waals surface area contributed by atoms with Crippen LogP contribution in [0, 0.1) is 5.82 Å². The molecule has 21 heavy (non-hydrogen) atoms. The number of nitrogens with one attached hydrogen (secondary N) is 1. The average Bonchev–Trinajstić information content (AvgIpc) is 2.48. The van der Waals surface area contributed by atoms with E-state index in [4.69, 9.17) is 16.3 Å². The molecule has 1 unspecified atom stereocenters. The third-order valence-corrected chi connectivity index (χ3v) is 3.84. The number of carbonyl (C=O) groups is 1. The molecule has 0 bridgehead atoms. The number of benzene rings is 2. The van der Waals surface area contributed by atoms with Crippen LogP contribution < -0.4 is 5.32 Å². The summed E-state index contributed by atoms with van der Waals surface area (Å²) in [7, 11) is 1.28. The van der Waals surface area contributed by atoms with Crippen LogP contribution in [0.25, 0.3) is 0 Å². The molecular weight excluding hydrogens is 361 g/mol. The Morgan fingerprint density at radius 3 is 2.57 bits per heavy atom. The van der Waals surface area contributed by atoms with Crippen molar-refractivity contribution in [2.45, 2.75) is 6.04 Å². The highest BCUT2D eigenvalue weighted by atomic mass is 79.9. The van der Waals surface area contributed by atoms with Gasteiger partial charge in [-0.2, -0.15) is 0 Å². The van der Waals surface area contributed by atoms with Crippen LogP contribution in [0.1, 0.15) is 11.6 Å². The number of hydrogen-bond donors (Lipinski definition) is 1. The van der Waals surface area contributed by atoms with E-state index in [0.29, 0.717) is 20.7 Å². The van der Waals surface area contributed by atoms with Crippen LogP contribution in [-0.4, -0.2) is 13.1 Å². The van der Waals surface area contributed by atoms with Gasteiger partial charge in [-0.05, 0) is 42.5 Å². The van der Waals surface area contributed by atoms with Gasteiger partial charge in [0.1, 0.15) is 5.82 Å². The Kier molecular flexibility index (Phi) is 5.20. The molecule has 0 aliphatic carbocycles. The zero-order valence-corrected chi connectivity index (χ0v) is 13.4. The standard InChI is InChI=1S/C15H12BrClFNO2/c1-21-15(20)14(12-8-10(18)4-7-13(12)16)19-11-5-2-9(17)3-6-11/h2-8,14,19H,1H3. The molecule has 6 heteroatoms. The van der Waals surface area contributed by atoms with Crippen molar-refractivity contribution >= 4 is 39.2 Å². The van der Waals surface area contributed by atoms with Crippen LogP contribution in [0.2, 0.25) is 5.02 Å². The van der Waals surface area contributed by atoms with Gasteiger partial charge >= 0.3 is 5.97 Å². The molecule has 110 valence electrons. The van der Waals surface area contributed by atoms with E-state index in [1.807, 2.05) is 0 Å². The molecule has 0 amide bonds. The highest BCUT2D eigenvalue weighted by Gasteiger charge is 2.24. The van der Waals surface area contributed by atoms with Crippen LogP contribution in [-0.2, 0) is 9.53 Å². The summed E-state index contributed by atoms with van der Waals surface area (Å²) < 4.78 is 18.8. The van der Waals surface area contributed by atoms with Gasteiger partial charge < -0.3 is 10.1 Å². The molecular formula is C15H12BrClFNO2. The Morgan fingerprint density at radius 2 is 1.95 bits per heavy atom. The average molecular weight is 373 g/mol. The Labute approximate surface area is 135 Å². The molecule has 0 spiro atoms. The lowest BCUT2D eigenvalue weighted by molar-refractivity contribution is -0.141. The zero-order chi connectivity index (χ0) is 15.4. The monoisotopic (exact) mass is 371 g/mol. The van der Waals surface area contributed by atoms with E-state index in [9.17, 15) is 9.18 Å². The molecule has 0 aliphatic heterocycles. The first-order valence-electron chi connectivity index (χ1n) is 6.06. The maximum absolute atomic E-state index is 13.4. The third-order valence-electron chi connectivity index (χ3n) is 2.86. The summed E-state index contributed by atoms with van der Waals surface area (Å²) >= 11 is 9.14. The van der Waals surface area contributed by atoms with Crippen LogP contribution in [0.5, 0.6) is 0 Å². The van der Waals surface area contributed by atoms with E-state index in [2.05, 4.69) is 21.2 Å². The minimum Gasteiger partial charge on any atom is -0.467 e. The Balaban J connectivity index is 2.36. The minimum absolute atomic E-state index is 0.431. The molecule has 0 radical (unpaired) electrons. The topological polar surface area (TPSA) is 38.3 Å². The summed E-state index contributed by atoms with van der Waals surface area (Å²) in [6, 6.07) is 10.2. The summed E-state index contributed by atoms with van der Waals surface area (Å²) in [6.07, 6.45) is 0. The molecule has 0 heterocycles. The SMILES string of the molecule is COC(=O)C(Nc1ccc(Cl)cc1)c1cc(F)ccc1Br. The zero-order valence-electron chi connectivity index (χ0n) is 11.1. The number of anilines is 1. The van der Waals surface area contributed by atoms with Gasteiger partial charge in [0, 0.05) is 20.7 Å². The lowest BCUT2D eigenvalue weighted by Crippen LogP contribution is -2.22. The van der Waals surface area contributed by atoms with Gasteiger partial charge in [-0.1, -0.05) is 27.5 Å². The Morgan fingerprint density at radius 1 is 1.29 bits per heavy atom. The van der Waals surface area contributed by atoms with Crippen LogP contribution >= 0.6 is 27.5 Å². The number of ether oxygens (including phenoxy) is 1. The van der Waals surface area contributed by atoms with Gasteiger partial charge in [0.25, 0.3) is 0 Å². The first-order chi connectivity index (χ1) is 10.0. The van der Waals surface area contributed by atoms with Gasteiger partial charge in [0.2, 0.25) is 0 Å². The molecule has 0 fully saturated rings. The molecule has 1 atom stereocenters. The van der Waals surface area contributed by atoms with Crippen molar-refractivity contribution in [3.8, 4) is 0 Å². The molecule has 0 aromatic heterocycles. The fourth-order valence-corrected chi connectivity index (χ4v) is 2.43. The highest BCUT2D eigenvalue weighted by Crippen LogP contribution is 2.28. The molecule has 0 saturated heterocycles. The Bertz CT molecular complexity index is 649. The van der Waals surface area contributed by atoms with Gasteiger partial charge in [-0.15, -0.1) is 0 Å². The largest absolute Gasteiger partial charge is 0.467 e. The van der Waals surface area contributed by atoms with Crippen molar-refractivity contribution in [3.05, 3.63) is 63.3 Å². The molecule has 3 nitrogen and oxygen atoms in total. The second-order valence-corrected chi connectivity index (χ2v) is 5.56. The second-order valence-electron chi connectivity index (χ2n) is 4.27. The van der Waals surface area contributed by atoms with Gasteiger partial charge in [0.05, 0.1) is 7.11 Å². The van der Waals surface area contributed by atoms with Crippen molar-refractivity contribution in [2.24, 2.45) is 0 Å². The van der Waals surface area contributed by atoms with Gasteiger partial charge in [0.15, 0.2) is 6.04 Å². The van der Waals surface area contributed by atoms with E-state index in [-0.39, 0.29) is 0 Å². The second kappa shape index (κ2) is 6.91. The smallest absolute Gasteiger partial charge is 0.333 e. The lowest BCUT2D eigenvalue weighted by atomic mass is 10.1. The number of carbonyl (C=O) groups excluding carboxylic acids is 1. The quantitative estimate of drug-likeness (QED) is 0.799. The molecule has 2 rings (SSSR count). The minimum atomic E-state index is -0.832. The molecule has 1 N–H and O–H groups in total. The summed E-state index contributed by atoms with van der Waals surface area (Å²) in [6.45, 7) is 0. The number of hydrogen-bond acceptors (Lipinski definition) is 3. The summed E-state index contributed by atoms with van der Waals surface area (Å²) in [4.78, 5) is 12.0. The number of halogens is 3. The van der Waals surface area contributed by atoms with Crippen molar-refractivity contribution in [3.63, 3.8) is 0 Å². The fraction of sp³-hybridized carbons (Fsp3) is 0.133. The number of esters is 1. The van der Waals surface area contributed by atoms with Crippen molar-refractivity contribution in [1.82, 2.24) is 0 Å². The van der Waals surface area contributed by atoms with E-state index < -0.39 is 17.8 Å². The number of rotatable bonds is 4. The maximum atomic E-state index is 13.4. The lowest BCUT2D eigenvalue weighted by Gasteiger charge is -2.19. The van der Waals surface area contributed by atoms with Crippen molar-refractivity contribution in [1.29, 1.82) is 0 Å². The van der Waals surface area contributed by atoms with E-state index in [0.717, 1.165) is 0 Å². The van der Waals surface area contributed by atoms with Crippen LogP contribution in [0.3, 0.4) is 0 Å². The third kappa shape index (κ3) is 3.95. The molecule has 0 saturated carbocycles. The van der Waals surface area contributed by atoms with Gasteiger partial charge in [-0.3, -0.25) is 0 Å². The highest BCUT2D eigenvalue weighted by molar-refractivity contribution is 9.10. The summed E-state index contributed by atoms with van der Waals surface area (Å²) in [5, 5.41) is 3.60. The van der Waals surface area contributed by atoms with Gasteiger partial charge in [-0.25, -0.2) is 9.18 Å². The molecule has 0 aliphatic rings. The first kappa shape index (κ1) is 15.8. The van der Waals surface area contributed by atoms with Crippen molar-refractivity contribution in [2.75, 3.05) is 12.4 Å². The van der Waals surface area contributed by atoms with Crippen LogP contribution in [0.15, 0.2) is 46.9 Å². The van der Waals surface area contributed by atoms with Crippen molar-refractivity contribution < 1.29 is 13.9 Å². The Hall–Kier alpha value is -1.59. The molecule has 2 aromatic rings. The van der Waals surface area contributed by atoms with E-state index in [1.165, 1.54) is 19.2 Å². The summed E-state index contributed by atoms with van der Waals surface area (Å²) in [5.74, 6) is -0.948. The van der Waals surface area contributed by atoms with E-state index in [1.54, 1.807) is 30.3 Å². The predicted molar refractivity (Wildman–Crippen MR) is 83.9 cm³/mol.